The molecule has 0 amide bonds. The lowest BCUT2D eigenvalue weighted by atomic mass is 10.4. The molecule has 1 heterocycles. The Morgan fingerprint density at radius 3 is 2.92 bits per heavy atom. The Balaban J connectivity index is 2.76. The minimum absolute atomic E-state index is 0.0159. The molecule has 0 saturated heterocycles. The molecule has 1 rings (SSSR count). The van der Waals surface area contributed by atoms with E-state index in [1.807, 2.05) is 6.92 Å². The molecule has 13 heavy (non-hydrogen) atoms. The van der Waals surface area contributed by atoms with E-state index in [-0.39, 0.29) is 13.2 Å². The van der Waals surface area contributed by atoms with Gasteiger partial charge in [0, 0.05) is 18.8 Å². The molecule has 1 aromatic heterocycles. The molecule has 0 aliphatic carbocycles. The van der Waals surface area contributed by atoms with Crippen molar-refractivity contribution in [3.8, 4) is 5.88 Å². The second kappa shape index (κ2) is 4.61. The maximum absolute atomic E-state index is 8.54. The highest BCUT2D eigenvalue weighted by Crippen LogP contribution is 2.10. The van der Waals surface area contributed by atoms with Gasteiger partial charge in [-0.05, 0) is 6.92 Å². The SMILES string of the molecule is CNc1nc(C)cc(OCCO)n1. The van der Waals surface area contributed by atoms with Gasteiger partial charge in [-0.15, -0.1) is 0 Å². The van der Waals surface area contributed by atoms with E-state index in [0.29, 0.717) is 11.8 Å². The number of anilines is 1. The summed E-state index contributed by atoms with van der Waals surface area (Å²) in [5.74, 6) is 0.999. The summed E-state index contributed by atoms with van der Waals surface area (Å²) in [5, 5.41) is 11.4. The third kappa shape index (κ3) is 2.87. The molecule has 0 bridgehead atoms. The summed E-state index contributed by atoms with van der Waals surface area (Å²) in [5.41, 5.74) is 0.826. The maximum Gasteiger partial charge on any atom is 0.225 e. The molecule has 72 valence electrons. The standard InChI is InChI=1S/C8H13N3O2/c1-6-5-7(13-4-3-12)11-8(9-2)10-6/h5,12H,3-4H2,1-2H3,(H,9,10,11). The zero-order chi connectivity index (χ0) is 9.68. The fourth-order valence-corrected chi connectivity index (χ4v) is 0.876. The number of aromatic nitrogens is 2. The molecule has 0 aliphatic rings. The van der Waals surface area contributed by atoms with E-state index in [4.69, 9.17) is 9.84 Å². The largest absolute Gasteiger partial charge is 0.475 e. The topological polar surface area (TPSA) is 67.3 Å². The number of nitrogens with one attached hydrogen (secondary N) is 1. The van der Waals surface area contributed by atoms with Crippen LogP contribution in [0.5, 0.6) is 5.88 Å². The van der Waals surface area contributed by atoms with Gasteiger partial charge < -0.3 is 15.2 Å². The summed E-state index contributed by atoms with van der Waals surface area (Å²) < 4.78 is 5.14. The average Bonchev–Trinajstić information content (AvgIpc) is 2.14. The summed E-state index contributed by atoms with van der Waals surface area (Å²) in [6, 6.07) is 1.72. The zero-order valence-electron chi connectivity index (χ0n) is 7.74. The van der Waals surface area contributed by atoms with Gasteiger partial charge in [0.05, 0.1) is 6.61 Å². The molecule has 0 radical (unpaired) electrons. The number of aliphatic hydroxyl groups excluding tert-OH is 1. The Bertz CT molecular complexity index is 278. The fraction of sp³-hybridized carbons (Fsp3) is 0.500. The molecule has 0 spiro atoms. The first-order chi connectivity index (χ1) is 6.26. The number of aryl methyl sites for hydroxylation is 1. The van der Waals surface area contributed by atoms with Gasteiger partial charge >= 0.3 is 0 Å². The zero-order valence-corrected chi connectivity index (χ0v) is 7.74. The van der Waals surface area contributed by atoms with E-state index < -0.39 is 0 Å². The van der Waals surface area contributed by atoms with Crippen molar-refractivity contribution in [3.05, 3.63) is 11.8 Å². The van der Waals surface area contributed by atoms with E-state index in [2.05, 4.69) is 15.3 Å². The molecule has 1 aromatic rings. The molecule has 2 N–H and O–H groups in total. The Kier molecular flexibility index (Phi) is 3.45. The first-order valence-corrected chi connectivity index (χ1v) is 4.03. The Hall–Kier alpha value is -1.36. The van der Waals surface area contributed by atoms with Gasteiger partial charge in [0.25, 0.3) is 0 Å². The smallest absolute Gasteiger partial charge is 0.225 e. The molecule has 0 saturated carbocycles. The van der Waals surface area contributed by atoms with Crippen LogP contribution in [-0.4, -0.2) is 35.3 Å². The van der Waals surface area contributed by atoms with Crippen LogP contribution in [0.2, 0.25) is 0 Å². The van der Waals surface area contributed by atoms with Crippen LogP contribution >= 0.6 is 0 Å². The highest BCUT2D eigenvalue weighted by molar-refractivity contribution is 5.29. The second-order valence-corrected chi connectivity index (χ2v) is 2.49. The van der Waals surface area contributed by atoms with Crippen molar-refractivity contribution >= 4 is 5.95 Å². The van der Waals surface area contributed by atoms with Crippen molar-refractivity contribution in [2.24, 2.45) is 0 Å². The Morgan fingerprint density at radius 1 is 1.54 bits per heavy atom. The minimum Gasteiger partial charge on any atom is -0.475 e. The van der Waals surface area contributed by atoms with Gasteiger partial charge in [0.2, 0.25) is 11.8 Å². The molecule has 0 fully saturated rings. The molecule has 5 heteroatoms. The van der Waals surface area contributed by atoms with Crippen molar-refractivity contribution in [2.45, 2.75) is 6.92 Å². The third-order valence-corrected chi connectivity index (χ3v) is 1.40. The van der Waals surface area contributed by atoms with Crippen LogP contribution in [0.3, 0.4) is 0 Å². The normalized spacial score (nSPS) is 9.77. The predicted molar refractivity (Wildman–Crippen MR) is 48.9 cm³/mol. The van der Waals surface area contributed by atoms with Crippen LogP contribution in [0.15, 0.2) is 6.07 Å². The molecular weight excluding hydrogens is 170 g/mol. The van der Waals surface area contributed by atoms with E-state index in [1.165, 1.54) is 0 Å². The molecular formula is C8H13N3O2. The van der Waals surface area contributed by atoms with E-state index >= 15 is 0 Å². The predicted octanol–water partition coefficient (Wildman–Crippen LogP) is 0.198. The quantitative estimate of drug-likeness (QED) is 0.697. The first kappa shape index (κ1) is 9.73. The molecule has 0 aromatic carbocycles. The van der Waals surface area contributed by atoms with Crippen molar-refractivity contribution in [1.82, 2.24) is 9.97 Å². The van der Waals surface area contributed by atoms with E-state index in [1.54, 1.807) is 13.1 Å². The van der Waals surface area contributed by atoms with Gasteiger partial charge in [0.1, 0.15) is 6.61 Å². The van der Waals surface area contributed by atoms with Crippen molar-refractivity contribution in [1.29, 1.82) is 0 Å². The Morgan fingerprint density at radius 2 is 2.31 bits per heavy atom. The summed E-state index contributed by atoms with van der Waals surface area (Å²) in [6.07, 6.45) is 0. The first-order valence-electron chi connectivity index (χ1n) is 4.03. The van der Waals surface area contributed by atoms with Crippen LogP contribution in [0, 0.1) is 6.92 Å². The summed E-state index contributed by atoms with van der Waals surface area (Å²) in [6.45, 7) is 2.09. The van der Waals surface area contributed by atoms with Crippen molar-refractivity contribution in [2.75, 3.05) is 25.6 Å². The van der Waals surface area contributed by atoms with Crippen LogP contribution in [-0.2, 0) is 0 Å². The van der Waals surface area contributed by atoms with Gasteiger partial charge in [0.15, 0.2) is 0 Å². The van der Waals surface area contributed by atoms with Crippen molar-refractivity contribution in [3.63, 3.8) is 0 Å². The van der Waals surface area contributed by atoms with Crippen LogP contribution in [0.4, 0.5) is 5.95 Å². The van der Waals surface area contributed by atoms with Crippen LogP contribution < -0.4 is 10.1 Å². The van der Waals surface area contributed by atoms with Crippen molar-refractivity contribution < 1.29 is 9.84 Å². The number of nitrogens with zero attached hydrogens (tertiary/aromatic N) is 2. The molecule has 0 aliphatic heterocycles. The minimum atomic E-state index is -0.0159. The second-order valence-electron chi connectivity index (χ2n) is 2.49. The summed E-state index contributed by atoms with van der Waals surface area (Å²) in [7, 11) is 1.74. The third-order valence-electron chi connectivity index (χ3n) is 1.40. The lowest BCUT2D eigenvalue weighted by Gasteiger charge is -2.05. The van der Waals surface area contributed by atoms with Crippen LogP contribution in [0.1, 0.15) is 5.69 Å². The van der Waals surface area contributed by atoms with E-state index in [9.17, 15) is 0 Å². The number of hydrogen-bond acceptors (Lipinski definition) is 5. The summed E-state index contributed by atoms with van der Waals surface area (Å²) >= 11 is 0. The summed E-state index contributed by atoms with van der Waals surface area (Å²) in [4.78, 5) is 8.13. The van der Waals surface area contributed by atoms with Gasteiger partial charge in [-0.3, -0.25) is 0 Å². The highest BCUT2D eigenvalue weighted by atomic mass is 16.5. The molecule has 5 nitrogen and oxygen atoms in total. The molecule has 0 unspecified atom stereocenters. The van der Waals surface area contributed by atoms with Gasteiger partial charge in [-0.2, -0.15) is 4.98 Å². The van der Waals surface area contributed by atoms with Gasteiger partial charge in [-0.25, -0.2) is 4.98 Å². The number of aliphatic hydroxyl groups is 1. The monoisotopic (exact) mass is 183 g/mol. The highest BCUT2D eigenvalue weighted by Gasteiger charge is 2.00. The van der Waals surface area contributed by atoms with E-state index in [0.717, 1.165) is 5.69 Å². The number of hydrogen-bond donors (Lipinski definition) is 2. The number of rotatable bonds is 4. The Labute approximate surface area is 76.8 Å². The fourth-order valence-electron chi connectivity index (χ4n) is 0.876. The molecule has 0 atom stereocenters. The lowest BCUT2D eigenvalue weighted by Crippen LogP contribution is -2.05. The van der Waals surface area contributed by atoms with Gasteiger partial charge in [-0.1, -0.05) is 0 Å². The number of ether oxygens (including phenoxy) is 1. The van der Waals surface area contributed by atoms with Crippen LogP contribution in [0.25, 0.3) is 0 Å². The maximum atomic E-state index is 8.54. The lowest BCUT2D eigenvalue weighted by molar-refractivity contribution is 0.196. The average molecular weight is 183 g/mol.